The standard InChI is InChI=1S/C15H17NO3/c1-18-15-9-12(16)7-8-14(15)19-10-13(17)11-5-3-2-4-6-11/h2-9,13,17H,10,16H2,1H3. The SMILES string of the molecule is COc1cc(N)ccc1OCC(O)c1ccccc1. The number of nitrogens with two attached hydrogens (primary N) is 1. The Morgan fingerprint density at radius 1 is 1.11 bits per heavy atom. The molecule has 0 aliphatic carbocycles. The van der Waals surface area contributed by atoms with Gasteiger partial charge in [-0.05, 0) is 17.7 Å². The molecule has 0 radical (unpaired) electrons. The number of rotatable bonds is 5. The van der Waals surface area contributed by atoms with E-state index in [1.165, 1.54) is 0 Å². The molecule has 0 spiro atoms. The van der Waals surface area contributed by atoms with Crippen molar-refractivity contribution in [1.82, 2.24) is 0 Å². The molecule has 1 unspecified atom stereocenters. The fraction of sp³-hybridized carbons (Fsp3) is 0.200. The molecule has 0 fully saturated rings. The predicted molar refractivity (Wildman–Crippen MR) is 74.3 cm³/mol. The second-order valence-electron chi connectivity index (χ2n) is 4.15. The van der Waals surface area contributed by atoms with Gasteiger partial charge in [0.1, 0.15) is 12.7 Å². The first-order valence-electron chi connectivity index (χ1n) is 6.00. The molecule has 0 saturated heterocycles. The van der Waals surface area contributed by atoms with E-state index < -0.39 is 6.10 Å². The van der Waals surface area contributed by atoms with Crippen LogP contribution in [0.3, 0.4) is 0 Å². The first-order valence-corrected chi connectivity index (χ1v) is 6.00. The third-order valence-electron chi connectivity index (χ3n) is 2.77. The number of benzene rings is 2. The molecule has 0 amide bonds. The molecule has 3 N–H and O–H groups in total. The van der Waals surface area contributed by atoms with Crippen LogP contribution in [-0.4, -0.2) is 18.8 Å². The number of aliphatic hydroxyl groups is 1. The monoisotopic (exact) mass is 259 g/mol. The van der Waals surface area contributed by atoms with Gasteiger partial charge in [-0.1, -0.05) is 30.3 Å². The van der Waals surface area contributed by atoms with Crippen LogP contribution in [0, 0.1) is 0 Å². The van der Waals surface area contributed by atoms with Crippen LogP contribution in [-0.2, 0) is 0 Å². The van der Waals surface area contributed by atoms with Gasteiger partial charge in [0.05, 0.1) is 7.11 Å². The number of nitrogen functional groups attached to an aromatic ring is 1. The van der Waals surface area contributed by atoms with Gasteiger partial charge in [-0.25, -0.2) is 0 Å². The van der Waals surface area contributed by atoms with Crippen LogP contribution in [0.2, 0.25) is 0 Å². The first kappa shape index (κ1) is 13.2. The summed E-state index contributed by atoms with van der Waals surface area (Å²) in [6.45, 7) is 0.157. The number of hydrogen-bond acceptors (Lipinski definition) is 4. The van der Waals surface area contributed by atoms with E-state index in [1.54, 1.807) is 25.3 Å². The number of anilines is 1. The Morgan fingerprint density at radius 2 is 1.84 bits per heavy atom. The zero-order chi connectivity index (χ0) is 13.7. The summed E-state index contributed by atoms with van der Waals surface area (Å²) < 4.78 is 10.7. The van der Waals surface area contributed by atoms with Gasteiger partial charge in [-0.15, -0.1) is 0 Å². The summed E-state index contributed by atoms with van der Waals surface area (Å²) in [5.74, 6) is 1.12. The summed E-state index contributed by atoms with van der Waals surface area (Å²) in [6.07, 6.45) is -0.677. The Bertz CT molecular complexity index is 528. The molecular weight excluding hydrogens is 242 g/mol. The Kier molecular flexibility index (Phi) is 4.26. The van der Waals surface area contributed by atoms with E-state index in [9.17, 15) is 5.11 Å². The Balaban J connectivity index is 2.03. The lowest BCUT2D eigenvalue weighted by Gasteiger charge is -2.15. The highest BCUT2D eigenvalue weighted by atomic mass is 16.5. The van der Waals surface area contributed by atoms with Crippen molar-refractivity contribution >= 4 is 5.69 Å². The average Bonchev–Trinajstić information content (AvgIpc) is 2.46. The van der Waals surface area contributed by atoms with E-state index in [0.717, 1.165) is 5.56 Å². The van der Waals surface area contributed by atoms with Gasteiger partial charge in [0.25, 0.3) is 0 Å². The van der Waals surface area contributed by atoms with Crippen LogP contribution in [0.1, 0.15) is 11.7 Å². The molecule has 0 heterocycles. The highest BCUT2D eigenvalue weighted by Crippen LogP contribution is 2.29. The Morgan fingerprint density at radius 3 is 2.53 bits per heavy atom. The smallest absolute Gasteiger partial charge is 0.162 e. The lowest BCUT2D eigenvalue weighted by Crippen LogP contribution is -2.10. The lowest BCUT2D eigenvalue weighted by atomic mass is 10.1. The minimum atomic E-state index is -0.677. The molecular formula is C15H17NO3. The van der Waals surface area contributed by atoms with Crippen LogP contribution in [0.5, 0.6) is 11.5 Å². The first-order chi connectivity index (χ1) is 9.20. The van der Waals surface area contributed by atoms with Crippen molar-refractivity contribution in [2.45, 2.75) is 6.10 Å². The molecule has 4 heteroatoms. The molecule has 2 rings (SSSR count). The maximum absolute atomic E-state index is 10.0. The van der Waals surface area contributed by atoms with E-state index in [0.29, 0.717) is 17.2 Å². The molecule has 2 aromatic rings. The minimum Gasteiger partial charge on any atom is -0.493 e. The van der Waals surface area contributed by atoms with E-state index in [4.69, 9.17) is 15.2 Å². The van der Waals surface area contributed by atoms with Gasteiger partial charge >= 0.3 is 0 Å². The van der Waals surface area contributed by atoms with Crippen molar-refractivity contribution in [2.75, 3.05) is 19.5 Å². The number of aliphatic hydroxyl groups excluding tert-OH is 1. The topological polar surface area (TPSA) is 64.7 Å². The highest BCUT2D eigenvalue weighted by Gasteiger charge is 2.10. The van der Waals surface area contributed by atoms with Crippen LogP contribution in [0.25, 0.3) is 0 Å². The summed E-state index contributed by atoms with van der Waals surface area (Å²) >= 11 is 0. The van der Waals surface area contributed by atoms with Gasteiger partial charge in [-0.3, -0.25) is 0 Å². The fourth-order valence-electron chi connectivity index (χ4n) is 1.74. The quantitative estimate of drug-likeness (QED) is 0.809. The molecule has 4 nitrogen and oxygen atoms in total. The van der Waals surface area contributed by atoms with E-state index >= 15 is 0 Å². The van der Waals surface area contributed by atoms with E-state index in [2.05, 4.69) is 0 Å². The third kappa shape index (κ3) is 3.39. The number of methoxy groups -OCH3 is 1. The minimum absolute atomic E-state index is 0.157. The van der Waals surface area contributed by atoms with Crippen molar-refractivity contribution < 1.29 is 14.6 Å². The van der Waals surface area contributed by atoms with Gasteiger partial charge < -0.3 is 20.3 Å². The molecule has 0 aliphatic heterocycles. The van der Waals surface area contributed by atoms with Gasteiger partial charge in [0.15, 0.2) is 11.5 Å². The summed E-state index contributed by atoms with van der Waals surface area (Å²) in [5, 5.41) is 10.0. The van der Waals surface area contributed by atoms with Crippen molar-refractivity contribution in [3.8, 4) is 11.5 Å². The normalized spacial score (nSPS) is 11.9. The Labute approximate surface area is 112 Å². The van der Waals surface area contributed by atoms with Crippen molar-refractivity contribution in [2.24, 2.45) is 0 Å². The van der Waals surface area contributed by atoms with E-state index in [1.807, 2.05) is 30.3 Å². The molecule has 19 heavy (non-hydrogen) atoms. The predicted octanol–water partition coefficient (Wildman–Crippen LogP) is 2.39. The molecule has 0 bridgehead atoms. The molecule has 0 aliphatic rings. The summed E-state index contributed by atoms with van der Waals surface area (Å²) in [4.78, 5) is 0. The van der Waals surface area contributed by atoms with Crippen molar-refractivity contribution in [3.63, 3.8) is 0 Å². The number of hydrogen-bond donors (Lipinski definition) is 2. The zero-order valence-electron chi connectivity index (χ0n) is 10.7. The molecule has 0 saturated carbocycles. The second-order valence-corrected chi connectivity index (χ2v) is 4.15. The average molecular weight is 259 g/mol. The van der Waals surface area contributed by atoms with Gasteiger partial charge in [0.2, 0.25) is 0 Å². The summed E-state index contributed by atoms with van der Waals surface area (Å²) in [7, 11) is 1.55. The molecule has 2 aromatic carbocycles. The van der Waals surface area contributed by atoms with Crippen LogP contribution >= 0.6 is 0 Å². The van der Waals surface area contributed by atoms with Crippen molar-refractivity contribution in [1.29, 1.82) is 0 Å². The van der Waals surface area contributed by atoms with Gasteiger partial charge in [0, 0.05) is 11.8 Å². The molecule has 100 valence electrons. The summed E-state index contributed by atoms with van der Waals surface area (Å²) in [5.41, 5.74) is 7.09. The van der Waals surface area contributed by atoms with Crippen LogP contribution in [0.4, 0.5) is 5.69 Å². The fourth-order valence-corrected chi connectivity index (χ4v) is 1.74. The third-order valence-corrected chi connectivity index (χ3v) is 2.77. The number of ether oxygens (including phenoxy) is 2. The Hall–Kier alpha value is -2.20. The maximum atomic E-state index is 10.0. The van der Waals surface area contributed by atoms with Crippen LogP contribution < -0.4 is 15.2 Å². The van der Waals surface area contributed by atoms with E-state index in [-0.39, 0.29) is 6.61 Å². The maximum Gasteiger partial charge on any atom is 0.162 e. The zero-order valence-corrected chi connectivity index (χ0v) is 10.7. The lowest BCUT2D eigenvalue weighted by molar-refractivity contribution is 0.106. The van der Waals surface area contributed by atoms with Crippen molar-refractivity contribution in [3.05, 3.63) is 54.1 Å². The molecule has 1 atom stereocenters. The largest absolute Gasteiger partial charge is 0.493 e. The molecule has 0 aromatic heterocycles. The van der Waals surface area contributed by atoms with Gasteiger partial charge in [-0.2, -0.15) is 0 Å². The summed E-state index contributed by atoms with van der Waals surface area (Å²) in [6, 6.07) is 14.5. The van der Waals surface area contributed by atoms with Crippen LogP contribution in [0.15, 0.2) is 48.5 Å². The second kappa shape index (κ2) is 6.11. The highest BCUT2D eigenvalue weighted by molar-refractivity contribution is 5.51.